The van der Waals surface area contributed by atoms with Crippen LogP contribution in [0.4, 0.5) is 0 Å². The van der Waals surface area contributed by atoms with Crippen molar-refractivity contribution in [3.63, 3.8) is 0 Å². The van der Waals surface area contributed by atoms with E-state index in [4.69, 9.17) is 0 Å². The summed E-state index contributed by atoms with van der Waals surface area (Å²) < 4.78 is 0. The molecule has 2 fully saturated rings. The van der Waals surface area contributed by atoms with Gasteiger partial charge in [-0.15, -0.1) is 0 Å². The summed E-state index contributed by atoms with van der Waals surface area (Å²) in [6.45, 7) is 6.94. The average Bonchev–Trinajstić information content (AvgIpc) is 2.32. The lowest BCUT2D eigenvalue weighted by Crippen LogP contribution is -2.42. The lowest BCUT2D eigenvalue weighted by molar-refractivity contribution is 0.0850. The van der Waals surface area contributed by atoms with Gasteiger partial charge in [-0.2, -0.15) is 0 Å². The van der Waals surface area contributed by atoms with E-state index in [1.54, 1.807) is 0 Å². The van der Waals surface area contributed by atoms with Crippen molar-refractivity contribution in [2.45, 2.75) is 26.4 Å². The number of rotatable bonds is 0. The highest BCUT2D eigenvalue weighted by atomic mass is 16.3. The Labute approximate surface area is 80.9 Å². The van der Waals surface area contributed by atoms with Crippen LogP contribution in [0.1, 0.15) is 20.3 Å². The van der Waals surface area contributed by atoms with Crippen LogP contribution >= 0.6 is 0 Å². The maximum Gasteiger partial charge on any atom is 0.0571 e. The normalized spacial score (nSPS) is 52.2. The van der Waals surface area contributed by atoms with Gasteiger partial charge in [0, 0.05) is 13.1 Å². The predicted molar refractivity (Wildman–Crippen MR) is 53.4 cm³/mol. The van der Waals surface area contributed by atoms with Gasteiger partial charge in [-0.1, -0.05) is 13.8 Å². The molecule has 1 N–H and O–H groups in total. The number of hydrogen-bond donors (Lipinski definition) is 1. The first kappa shape index (κ1) is 9.47. The molecular weight excluding hydrogens is 162 g/mol. The van der Waals surface area contributed by atoms with Crippen molar-refractivity contribution in [1.29, 1.82) is 0 Å². The molecule has 0 aromatic carbocycles. The van der Waals surface area contributed by atoms with Crippen molar-refractivity contribution in [1.82, 2.24) is 4.90 Å². The van der Waals surface area contributed by atoms with Crippen molar-refractivity contribution in [2.75, 3.05) is 20.1 Å². The number of aliphatic hydroxyl groups excluding tert-OH is 1. The highest BCUT2D eigenvalue weighted by molar-refractivity contribution is 4.95. The van der Waals surface area contributed by atoms with Crippen LogP contribution < -0.4 is 0 Å². The quantitative estimate of drug-likeness (QED) is 0.610. The fourth-order valence-corrected chi connectivity index (χ4v) is 3.36. The Morgan fingerprint density at radius 3 is 2.54 bits per heavy atom. The van der Waals surface area contributed by atoms with Crippen LogP contribution in [-0.4, -0.2) is 36.2 Å². The first-order chi connectivity index (χ1) is 6.09. The maximum atomic E-state index is 9.81. The minimum absolute atomic E-state index is 0.0380. The molecule has 0 bridgehead atoms. The molecule has 2 aliphatic rings. The van der Waals surface area contributed by atoms with Crippen molar-refractivity contribution >= 4 is 0 Å². The Morgan fingerprint density at radius 2 is 1.85 bits per heavy atom. The van der Waals surface area contributed by atoms with Gasteiger partial charge in [0.25, 0.3) is 0 Å². The second kappa shape index (κ2) is 3.25. The van der Waals surface area contributed by atoms with Crippen LogP contribution in [-0.2, 0) is 0 Å². The smallest absolute Gasteiger partial charge is 0.0571 e. The van der Waals surface area contributed by atoms with Crippen LogP contribution in [0.15, 0.2) is 0 Å². The molecule has 5 atom stereocenters. The van der Waals surface area contributed by atoms with Crippen LogP contribution in [0, 0.1) is 23.7 Å². The second-order valence-corrected chi connectivity index (χ2v) is 5.19. The number of hydrogen-bond acceptors (Lipinski definition) is 2. The van der Waals surface area contributed by atoms with Crippen LogP contribution in [0.3, 0.4) is 0 Å². The SMILES string of the molecule is C[C@@H]1[C@H]2CN(C)C[C@H](C)[C@@H]2C[C@H]1O. The van der Waals surface area contributed by atoms with Crippen molar-refractivity contribution in [3.05, 3.63) is 0 Å². The molecule has 2 heteroatoms. The third kappa shape index (κ3) is 1.50. The molecule has 0 spiro atoms. The third-order valence-electron chi connectivity index (χ3n) is 4.20. The molecular formula is C11H21NO. The van der Waals surface area contributed by atoms with Gasteiger partial charge in [-0.25, -0.2) is 0 Å². The topological polar surface area (TPSA) is 23.5 Å². The molecule has 0 radical (unpaired) electrons. The number of aliphatic hydroxyl groups is 1. The second-order valence-electron chi connectivity index (χ2n) is 5.19. The molecule has 0 unspecified atom stereocenters. The van der Waals surface area contributed by atoms with Gasteiger partial charge in [0.05, 0.1) is 6.10 Å². The van der Waals surface area contributed by atoms with Gasteiger partial charge in [-0.05, 0) is 37.1 Å². The zero-order chi connectivity index (χ0) is 9.59. The average molecular weight is 183 g/mol. The van der Waals surface area contributed by atoms with Crippen LogP contribution in [0.5, 0.6) is 0 Å². The summed E-state index contributed by atoms with van der Waals surface area (Å²) >= 11 is 0. The molecule has 1 saturated carbocycles. The maximum absolute atomic E-state index is 9.81. The minimum atomic E-state index is -0.0380. The number of nitrogens with zero attached hydrogens (tertiary/aromatic N) is 1. The predicted octanol–water partition coefficient (Wildman–Crippen LogP) is 1.20. The fraction of sp³-hybridized carbons (Fsp3) is 1.00. The minimum Gasteiger partial charge on any atom is -0.393 e. The molecule has 2 nitrogen and oxygen atoms in total. The Bertz CT molecular complexity index is 195. The first-order valence-corrected chi connectivity index (χ1v) is 5.46. The molecule has 0 aromatic rings. The summed E-state index contributed by atoms with van der Waals surface area (Å²) in [5, 5.41) is 9.81. The zero-order valence-corrected chi connectivity index (χ0v) is 8.90. The van der Waals surface area contributed by atoms with Crippen molar-refractivity contribution < 1.29 is 5.11 Å². The van der Waals surface area contributed by atoms with E-state index in [0.29, 0.717) is 5.92 Å². The summed E-state index contributed by atoms with van der Waals surface area (Å²) in [4.78, 5) is 2.42. The highest BCUT2D eigenvalue weighted by Gasteiger charge is 2.44. The molecule has 0 aromatic heterocycles. The summed E-state index contributed by atoms with van der Waals surface area (Å²) in [5.41, 5.74) is 0. The summed E-state index contributed by atoms with van der Waals surface area (Å²) in [6.07, 6.45) is 1.00. The third-order valence-corrected chi connectivity index (χ3v) is 4.20. The Balaban J connectivity index is 2.12. The fourth-order valence-electron chi connectivity index (χ4n) is 3.36. The zero-order valence-electron chi connectivity index (χ0n) is 8.90. The van der Waals surface area contributed by atoms with Crippen LogP contribution in [0.25, 0.3) is 0 Å². The molecule has 1 heterocycles. The Hall–Kier alpha value is -0.0800. The van der Waals surface area contributed by atoms with Gasteiger partial charge in [0.1, 0.15) is 0 Å². The first-order valence-electron chi connectivity index (χ1n) is 5.46. The monoisotopic (exact) mass is 183 g/mol. The van der Waals surface area contributed by atoms with Crippen molar-refractivity contribution in [3.8, 4) is 0 Å². The number of likely N-dealkylation sites (tertiary alicyclic amines) is 1. The summed E-state index contributed by atoms with van der Waals surface area (Å²) in [7, 11) is 2.20. The molecule has 76 valence electrons. The highest BCUT2D eigenvalue weighted by Crippen LogP contribution is 2.44. The van der Waals surface area contributed by atoms with Gasteiger partial charge >= 0.3 is 0 Å². The van der Waals surface area contributed by atoms with E-state index >= 15 is 0 Å². The van der Waals surface area contributed by atoms with E-state index in [-0.39, 0.29) is 6.10 Å². The van der Waals surface area contributed by atoms with Gasteiger partial charge in [0.2, 0.25) is 0 Å². The molecule has 1 aliphatic carbocycles. The van der Waals surface area contributed by atoms with Gasteiger partial charge in [0.15, 0.2) is 0 Å². The lowest BCUT2D eigenvalue weighted by Gasteiger charge is -2.38. The molecule has 1 saturated heterocycles. The van der Waals surface area contributed by atoms with E-state index in [2.05, 4.69) is 25.8 Å². The lowest BCUT2D eigenvalue weighted by atomic mass is 9.79. The molecule has 13 heavy (non-hydrogen) atoms. The Kier molecular flexibility index (Phi) is 2.37. The Morgan fingerprint density at radius 1 is 1.15 bits per heavy atom. The standard InChI is InChI=1S/C11H21NO/c1-7-5-12(3)6-10-8(2)11(13)4-9(7)10/h7-11,13H,4-6H2,1-3H3/t7-,8+,9-,10+,11+/m0/s1. The van der Waals surface area contributed by atoms with E-state index in [1.165, 1.54) is 13.1 Å². The van der Waals surface area contributed by atoms with Crippen molar-refractivity contribution in [2.24, 2.45) is 23.7 Å². The summed E-state index contributed by atoms with van der Waals surface area (Å²) in [6, 6.07) is 0. The molecule has 1 aliphatic heterocycles. The summed E-state index contributed by atoms with van der Waals surface area (Å²) in [5.74, 6) is 2.79. The largest absolute Gasteiger partial charge is 0.393 e. The molecule has 0 amide bonds. The van der Waals surface area contributed by atoms with Gasteiger partial charge < -0.3 is 10.0 Å². The van der Waals surface area contributed by atoms with E-state index in [0.717, 1.165) is 24.2 Å². The van der Waals surface area contributed by atoms with E-state index in [9.17, 15) is 5.11 Å². The number of fused-ring (bicyclic) bond motifs is 1. The van der Waals surface area contributed by atoms with Gasteiger partial charge in [-0.3, -0.25) is 0 Å². The molecule has 2 rings (SSSR count). The van der Waals surface area contributed by atoms with Crippen LogP contribution in [0.2, 0.25) is 0 Å². The number of piperidine rings is 1. The van der Waals surface area contributed by atoms with E-state index in [1.807, 2.05) is 0 Å². The van der Waals surface area contributed by atoms with E-state index < -0.39 is 0 Å².